The van der Waals surface area contributed by atoms with Gasteiger partial charge in [-0.15, -0.1) is 0 Å². The molecule has 0 spiro atoms. The molecule has 6 heavy (non-hydrogen) atoms. The molecule has 0 rings (SSSR count). The lowest BCUT2D eigenvalue weighted by molar-refractivity contribution is -0.818. The predicted molar refractivity (Wildman–Crippen MR) is 31.8 cm³/mol. The van der Waals surface area contributed by atoms with Crippen molar-refractivity contribution in [1.29, 1.82) is 0 Å². The van der Waals surface area contributed by atoms with Crippen LogP contribution in [0.1, 0.15) is 0 Å². The zero-order valence-corrected chi connectivity index (χ0v) is 5.36. The number of hydroxylamine groups is 3. The first-order valence-electron chi connectivity index (χ1n) is 1.52. The maximum absolute atomic E-state index is 10.0. The van der Waals surface area contributed by atoms with Gasteiger partial charge in [0.25, 0.3) is 0 Å². The van der Waals surface area contributed by atoms with Crippen LogP contribution in [0.4, 0.5) is 0 Å². The second-order valence-electron chi connectivity index (χ2n) is 1.89. The highest BCUT2D eigenvalue weighted by atomic mass is 32.1. The number of rotatable bonds is 0. The number of nitrogens with zero attached hydrogens (tertiary/aromatic N) is 1. The maximum atomic E-state index is 10.0. The van der Waals surface area contributed by atoms with Crippen molar-refractivity contribution in [3.8, 4) is 0 Å². The third kappa shape index (κ3) is 626. The lowest BCUT2D eigenvalue weighted by Crippen LogP contribution is -2.25. The molecule has 0 aromatic heterocycles. The molecule has 0 atom stereocenters. The fraction of sp³-hybridized carbons (Fsp3) is 1.00. The Morgan fingerprint density at radius 2 is 1.17 bits per heavy atom. The van der Waals surface area contributed by atoms with E-state index in [9.17, 15) is 5.21 Å². The first-order chi connectivity index (χ1) is 2.00. The summed E-state index contributed by atoms with van der Waals surface area (Å²) in [4.78, 5) is 0. The van der Waals surface area contributed by atoms with E-state index in [-0.39, 0.29) is 18.1 Å². The molecule has 0 heterocycles. The molecule has 0 aromatic carbocycles. The fourth-order valence-electron chi connectivity index (χ4n) is 0. The van der Waals surface area contributed by atoms with Crippen LogP contribution in [0.2, 0.25) is 0 Å². The third-order valence-corrected chi connectivity index (χ3v) is 0. The SMILES string of the molecule is C[N+](C)(C)[O-].S. The summed E-state index contributed by atoms with van der Waals surface area (Å²) in [5.74, 6) is 0. The highest BCUT2D eigenvalue weighted by Gasteiger charge is 1.79. The summed E-state index contributed by atoms with van der Waals surface area (Å²) in [6.45, 7) is 0. The first-order valence-corrected chi connectivity index (χ1v) is 1.52. The summed E-state index contributed by atoms with van der Waals surface area (Å²) < 4.78 is -0.250. The smallest absolute Gasteiger partial charge is 0.0674 e. The molecular weight excluding hydrogens is 98.1 g/mol. The molecule has 0 fully saturated rings. The van der Waals surface area contributed by atoms with Crippen molar-refractivity contribution in [3.05, 3.63) is 5.21 Å². The summed E-state index contributed by atoms with van der Waals surface area (Å²) in [5, 5.41) is 10.0. The van der Waals surface area contributed by atoms with Gasteiger partial charge in [-0.05, 0) is 0 Å². The van der Waals surface area contributed by atoms with Crippen LogP contribution in [0.5, 0.6) is 0 Å². The molecule has 2 nitrogen and oxygen atoms in total. The van der Waals surface area contributed by atoms with Gasteiger partial charge in [0, 0.05) is 0 Å². The molecular formula is C3H11NOS. The summed E-state index contributed by atoms with van der Waals surface area (Å²) >= 11 is 0. The van der Waals surface area contributed by atoms with Gasteiger partial charge in [-0.2, -0.15) is 13.5 Å². The van der Waals surface area contributed by atoms with Crippen molar-refractivity contribution in [2.24, 2.45) is 0 Å². The Bertz CT molecular complexity index is 26.3. The zero-order valence-electron chi connectivity index (χ0n) is 4.36. The van der Waals surface area contributed by atoms with E-state index in [1.54, 1.807) is 21.1 Å². The highest BCUT2D eigenvalue weighted by molar-refractivity contribution is 7.59. The summed E-state index contributed by atoms with van der Waals surface area (Å²) in [6, 6.07) is 0. The highest BCUT2D eigenvalue weighted by Crippen LogP contribution is 1.77. The van der Waals surface area contributed by atoms with Gasteiger partial charge in [-0.3, -0.25) is 0 Å². The van der Waals surface area contributed by atoms with Gasteiger partial charge in [0.15, 0.2) is 0 Å². The third-order valence-electron chi connectivity index (χ3n) is 0. The molecule has 40 valence electrons. The number of hydrogen-bond donors (Lipinski definition) is 0. The molecule has 0 aromatic rings. The van der Waals surface area contributed by atoms with Gasteiger partial charge in [-0.25, -0.2) is 0 Å². The number of quaternary nitrogens is 1. The topological polar surface area (TPSA) is 23.1 Å². The quantitative estimate of drug-likeness (QED) is 0.324. The van der Waals surface area contributed by atoms with Gasteiger partial charge >= 0.3 is 0 Å². The van der Waals surface area contributed by atoms with Crippen molar-refractivity contribution in [2.45, 2.75) is 0 Å². The Morgan fingerprint density at radius 1 is 1.17 bits per heavy atom. The van der Waals surface area contributed by atoms with E-state index in [2.05, 4.69) is 0 Å². The minimum atomic E-state index is -0.250. The van der Waals surface area contributed by atoms with Gasteiger partial charge in [0.05, 0.1) is 21.1 Å². The van der Waals surface area contributed by atoms with Crippen LogP contribution < -0.4 is 0 Å². The van der Waals surface area contributed by atoms with E-state index < -0.39 is 0 Å². The van der Waals surface area contributed by atoms with E-state index in [1.807, 2.05) is 0 Å². The lowest BCUT2D eigenvalue weighted by Gasteiger charge is -2.27. The average Bonchev–Trinajstić information content (AvgIpc) is 0.722. The molecule has 0 unspecified atom stereocenters. The molecule has 0 aliphatic carbocycles. The standard InChI is InChI=1S/C3H9NO.H2S/c1-4(2,3)5;/h1-3H3;1H2. The van der Waals surface area contributed by atoms with Crippen LogP contribution in [0, 0.1) is 5.21 Å². The van der Waals surface area contributed by atoms with E-state index >= 15 is 0 Å². The molecule has 0 amide bonds. The number of hydrogen-bond acceptors (Lipinski definition) is 1. The minimum Gasteiger partial charge on any atom is -0.633 e. The molecule has 0 aliphatic rings. The maximum Gasteiger partial charge on any atom is 0.0674 e. The Morgan fingerprint density at radius 3 is 1.17 bits per heavy atom. The minimum absolute atomic E-state index is 0. The molecule has 0 N–H and O–H groups in total. The van der Waals surface area contributed by atoms with Gasteiger partial charge < -0.3 is 9.85 Å². The largest absolute Gasteiger partial charge is 0.633 e. The van der Waals surface area contributed by atoms with Crippen molar-refractivity contribution in [3.63, 3.8) is 0 Å². The summed E-state index contributed by atoms with van der Waals surface area (Å²) in [5.41, 5.74) is 0. The fourth-order valence-corrected chi connectivity index (χ4v) is 0. The second kappa shape index (κ2) is 2.44. The Balaban J connectivity index is 0. The van der Waals surface area contributed by atoms with Gasteiger partial charge in [0.1, 0.15) is 0 Å². The van der Waals surface area contributed by atoms with E-state index in [0.29, 0.717) is 0 Å². The Labute approximate surface area is 45.4 Å². The van der Waals surface area contributed by atoms with E-state index in [1.165, 1.54) is 0 Å². The lowest BCUT2D eigenvalue weighted by atomic mass is 11.0. The molecule has 3 heteroatoms. The van der Waals surface area contributed by atoms with Crippen LogP contribution in [-0.4, -0.2) is 25.8 Å². The molecule has 0 saturated carbocycles. The van der Waals surface area contributed by atoms with Crippen LogP contribution in [0.15, 0.2) is 0 Å². The molecule has 0 bridgehead atoms. The molecule has 0 aliphatic heterocycles. The second-order valence-corrected chi connectivity index (χ2v) is 1.89. The van der Waals surface area contributed by atoms with Crippen molar-refractivity contribution >= 4 is 13.5 Å². The van der Waals surface area contributed by atoms with E-state index in [0.717, 1.165) is 0 Å². The monoisotopic (exact) mass is 109 g/mol. The van der Waals surface area contributed by atoms with E-state index in [4.69, 9.17) is 0 Å². The summed E-state index contributed by atoms with van der Waals surface area (Å²) in [7, 11) is 4.71. The van der Waals surface area contributed by atoms with Crippen LogP contribution in [0.25, 0.3) is 0 Å². The van der Waals surface area contributed by atoms with Crippen LogP contribution >= 0.6 is 13.5 Å². The Hall–Kier alpha value is 0.270. The predicted octanol–water partition coefficient (Wildman–Crippen LogP) is 0.303. The summed E-state index contributed by atoms with van der Waals surface area (Å²) in [6.07, 6.45) is 0. The van der Waals surface area contributed by atoms with Crippen LogP contribution in [0.3, 0.4) is 0 Å². The van der Waals surface area contributed by atoms with Crippen molar-refractivity contribution in [2.75, 3.05) is 21.1 Å². The van der Waals surface area contributed by atoms with Crippen molar-refractivity contribution < 1.29 is 4.65 Å². The average molecular weight is 109 g/mol. The van der Waals surface area contributed by atoms with Crippen LogP contribution in [-0.2, 0) is 0 Å². The Kier molecular flexibility index (Phi) is 3.89. The van der Waals surface area contributed by atoms with Gasteiger partial charge in [-0.1, -0.05) is 0 Å². The van der Waals surface area contributed by atoms with Gasteiger partial charge in [0.2, 0.25) is 0 Å². The molecule has 0 radical (unpaired) electrons. The first kappa shape index (κ1) is 9.55. The van der Waals surface area contributed by atoms with Crippen molar-refractivity contribution in [1.82, 2.24) is 0 Å². The molecule has 0 saturated heterocycles. The normalized spacial score (nSPS) is 10.0. The zero-order chi connectivity index (χ0) is 4.50.